The summed E-state index contributed by atoms with van der Waals surface area (Å²) < 4.78 is 5.39. The average molecular weight is 187 g/mol. The summed E-state index contributed by atoms with van der Waals surface area (Å²) in [6.45, 7) is 9.51. The van der Waals surface area contributed by atoms with Crippen LogP contribution in [0.15, 0.2) is 0 Å². The highest BCUT2D eigenvalue weighted by atomic mass is 16.5. The second-order valence-corrected chi connectivity index (χ2v) is 3.43. The molecule has 0 aliphatic heterocycles. The molecule has 0 aromatic rings. The molecule has 0 heterocycles. The van der Waals surface area contributed by atoms with Crippen molar-refractivity contribution in [3.8, 4) is 0 Å². The van der Waals surface area contributed by atoms with Gasteiger partial charge in [-0.15, -0.1) is 0 Å². The number of nitrogens with one attached hydrogen (secondary N) is 1. The molecule has 13 heavy (non-hydrogen) atoms. The van der Waals surface area contributed by atoms with E-state index in [4.69, 9.17) is 4.74 Å². The van der Waals surface area contributed by atoms with Gasteiger partial charge in [-0.1, -0.05) is 20.8 Å². The number of hydrogen-bond acceptors (Lipinski definition) is 2. The molecule has 0 unspecified atom stereocenters. The van der Waals surface area contributed by atoms with Crippen molar-refractivity contribution in [2.75, 3.05) is 19.8 Å². The minimum atomic E-state index is 0.700. The molecule has 0 aliphatic rings. The van der Waals surface area contributed by atoms with Crippen molar-refractivity contribution in [2.24, 2.45) is 0 Å². The monoisotopic (exact) mass is 187 g/mol. The molecule has 0 rings (SSSR count). The Morgan fingerprint density at radius 1 is 1.08 bits per heavy atom. The normalized spacial score (nSPS) is 11.1. The summed E-state index contributed by atoms with van der Waals surface area (Å²) in [6, 6.07) is 0.700. The zero-order valence-electron chi connectivity index (χ0n) is 9.44. The van der Waals surface area contributed by atoms with E-state index in [9.17, 15) is 0 Å². The van der Waals surface area contributed by atoms with Crippen LogP contribution in [0.3, 0.4) is 0 Å². The van der Waals surface area contributed by atoms with Gasteiger partial charge in [0.25, 0.3) is 0 Å². The van der Waals surface area contributed by atoms with Crippen LogP contribution in [0.25, 0.3) is 0 Å². The van der Waals surface area contributed by atoms with Gasteiger partial charge in [0.05, 0.1) is 0 Å². The largest absolute Gasteiger partial charge is 0.381 e. The van der Waals surface area contributed by atoms with Crippen molar-refractivity contribution in [2.45, 2.75) is 52.5 Å². The van der Waals surface area contributed by atoms with Crippen LogP contribution in [-0.2, 0) is 4.74 Å². The maximum Gasteiger partial charge on any atom is 0.0478 e. The fourth-order valence-corrected chi connectivity index (χ4v) is 1.30. The Kier molecular flexibility index (Phi) is 9.94. The van der Waals surface area contributed by atoms with Crippen LogP contribution in [0.1, 0.15) is 46.5 Å². The Bertz CT molecular complexity index is 92.1. The Labute approximate surface area is 83.1 Å². The van der Waals surface area contributed by atoms with Gasteiger partial charge in [-0.05, 0) is 32.2 Å². The van der Waals surface area contributed by atoms with Crippen molar-refractivity contribution in [3.05, 3.63) is 0 Å². The molecule has 0 radical (unpaired) electrons. The van der Waals surface area contributed by atoms with Gasteiger partial charge in [-0.2, -0.15) is 0 Å². The third kappa shape index (κ3) is 8.26. The second-order valence-electron chi connectivity index (χ2n) is 3.43. The van der Waals surface area contributed by atoms with E-state index in [1.807, 2.05) is 0 Å². The van der Waals surface area contributed by atoms with E-state index in [1.54, 1.807) is 0 Å². The Balaban J connectivity index is 3.05. The molecule has 0 atom stereocenters. The third-order valence-electron chi connectivity index (χ3n) is 2.23. The van der Waals surface area contributed by atoms with Gasteiger partial charge in [0.15, 0.2) is 0 Å². The van der Waals surface area contributed by atoms with Crippen molar-refractivity contribution >= 4 is 0 Å². The summed E-state index contributed by atoms with van der Waals surface area (Å²) in [6.07, 6.45) is 4.72. The van der Waals surface area contributed by atoms with Gasteiger partial charge in [-0.3, -0.25) is 0 Å². The van der Waals surface area contributed by atoms with Gasteiger partial charge >= 0.3 is 0 Å². The van der Waals surface area contributed by atoms with Gasteiger partial charge in [-0.25, -0.2) is 0 Å². The molecule has 0 aromatic heterocycles. The SMILES string of the molecule is CCCOCCCNC(CC)CC. The third-order valence-corrected chi connectivity index (χ3v) is 2.23. The number of ether oxygens (including phenoxy) is 1. The number of rotatable bonds is 9. The molecule has 0 fully saturated rings. The van der Waals surface area contributed by atoms with Gasteiger partial charge in [0.2, 0.25) is 0 Å². The highest BCUT2D eigenvalue weighted by molar-refractivity contribution is 4.61. The van der Waals surface area contributed by atoms with Crippen molar-refractivity contribution in [1.82, 2.24) is 5.32 Å². The molecule has 1 N–H and O–H groups in total. The lowest BCUT2D eigenvalue weighted by Crippen LogP contribution is -2.29. The summed E-state index contributed by atoms with van der Waals surface area (Å²) in [4.78, 5) is 0. The molecule has 0 aliphatic carbocycles. The molecule has 0 aromatic carbocycles. The lowest BCUT2D eigenvalue weighted by Gasteiger charge is -2.14. The van der Waals surface area contributed by atoms with E-state index in [0.29, 0.717) is 6.04 Å². The molecule has 2 heteroatoms. The van der Waals surface area contributed by atoms with Crippen molar-refractivity contribution in [3.63, 3.8) is 0 Å². The second kappa shape index (κ2) is 10.0. The molecule has 0 bridgehead atoms. The first kappa shape index (κ1) is 12.9. The minimum absolute atomic E-state index is 0.700. The molecular formula is C11H25NO. The van der Waals surface area contributed by atoms with E-state index in [1.165, 1.54) is 12.8 Å². The van der Waals surface area contributed by atoms with E-state index < -0.39 is 0 Å². The molecule has 0 amide bonds. The molecule has 0 spiro atoms. The predicted molar refractivity (Wildman–Crippen MR) is 58.1 cm³/mol. The molecule has 80 valence electrons. The van der Waals surface area contributed by atoms with Crippen LogP contribution in [0, 0.1) is 0 Å². The first-order valence-electron chi connectivity index (χ1n) is 5.66. The summed E-state index contributed by atoms with van der Waals surface area (Å²) >= 11 is 0. The summed E-state index contributed by atoms with van der Waals surface area (Å²) in [5, 5.41) is 3.52. The first-order chi connectivity index (χ1) is 6.35. The standard InChI is InChI=1S/C11H25NO/c1-4-9-13-10-7-8-12-11(5-2)6-3/h11-12H,4-10H2,1-3H3. The Morgan fingerprint density at radius 2 is 1.77 bits per heavy atom. The average Bonchev–Trinajstić information content (AvgIpc) is 2.17. The topological polar surface area (TPSA) is 21.3 Å². The van der Waals surface area contributed by atoms with E-state index >= 15 is 0 Å². The van der Waals surface area contributed by atoms with Crippen LogP contribution >= 0.6 is 0 Å². The van der Waals surface area contributed by atoms with Crippen LogP contribution in [0.5, 0.6) is 0 Å². The molecular weight excluding hydrogens is 162 g/mol. The van der Waals surface area contributed by atoms with Crippen molar-refractivity contribution < 1.29 is 4.74 Å². The van der Waals surface area contributed by atoms with Crippen LogP contribution in [0.4, 0.5) is 0 Å². The fraction of sp³-hybridized carbons (Fsp3) is 1.00. The van der Waals surface area contributed by atoms with Crippen LogP contribution in [0.2, 0.25) is 0 Å². The van der Waals surface area contributed by atoms with E-state index in [-0.39, 0.29) is 0 Å². The van der Waals surface area contributed by atoms with Crippen molar-refractivity contribution in [1.29, 1.82) is 0 Å². The highest BCUT2D eigenvalue weighted by Crippen LogP contribution is 1.95. The number of hydrogen-bond donors (Lipinski definition) is 1. The fourth-order valence-electron chi connectivity index (χ4n) is 1.30. The molecule has 0 saturated carbocycles. The van der Waals surface area contributed by atoms with Crippen LogP contribution in [-0.4, -0.2) is 25.8 Å². The minimum Gasteiger partial charge on any atom is -0.381 e. The summed E-state index contributed by atoms with van der Waals surface area (Å²) in [5.41, 5.74) is 0. The first-order valence-corrected chi connectivity index (χ1v) is 5.66. The Hall–Kier alpha value is -0.0800. The zero-order valence-corrected chi connectivity index (χ0v) is 9.44. The van der Waals surface area contributed by atoms with E-state index in [2.05, 4.69) is 26.1 Å². The predicted octanol–water partition coefficient (Wildman–Crippen LogP) is 2.58. The Morgan fingerprint density at radius 3 is 2.31 bits per heavy atom. The van der Waals surface area contributed by atoms with E-state index in [0.717, 1.165) is 32.6 Å². The van der Waals surface area contributed by atoms with Gasteiger partial charge in [0, 0.05) is 19.3 Å². The quantitative estimate of drug-likeness (QED) is 0.560. The maximum atomic E-state index is 5.39. The lowest BCUT2D eigenvalue weighted by molar-refractivity contribution is 0.131. The molecule has 0 saturated heterocycles. The lowest BCUT2D eigenvalue weighted by atomic mass is 10.2. The molecule has 2 nitrogen and oxygen atoms in total. The summed E-state index contributed by atoms with van der Waals surface area (Å²) in [5.74, 6) is 0. The maximum absolute atomic E-state index is 5.39. The smallest absolute Gasteiger partial charge is 0.0478 e. The summed E-state index contributed by atoms with van der Waals surface area (Å²) in [7, 11) is 0. The van der Waals surface area contributed by atoms with Crippen LogP contribution < -0.4 is 5.32 Å². The van der Waals surface area contributed by atoms with Gasteiger partial charge in [0.1, 0.15) is 0 Å². The highest BCUT2D eigenvalue weighted by Gasteiger charge is 1.99. The zero-order chi connectivity index (χ0) is 9.94. The van der Waals surface area contributed by atoms with Gasteiger partial charge < -0.3 is 10.1 Å².